The quantitative estimate of drug-likeness (QED) is 0.458. The summed E-state index contributed by atoms with van der Waals surface area (Å²) in [4.78, 5) is 11.3. The van der Waals surface area contributed by atoms with Crippen LogP contribution in [0.25, 0.3) is 0 Å². The molecule has 106 valence electrons. The Morgan fingerprint density at radius 3 is 2.16 bits per heavy atom. The molecular formula is C10H8Cl4O4S. The van der Waals surface area contributed by atoms with Crippen molar-refractivity contribution in [1.82, 2.24) is 0 Å². The van der Waals surface area contributed by atoms with Gasteiger partial charge in [-0.1, -0.05) is 34.8 Å². The minimum absolute atomic E-state index is 0.166. The summed E-state index contributed by atoms with van der Waals surface area (Å²) >= 11 is 17.4. The molecule has 0 saturated carbocycles. The summed E-state index contributed by atoms with van der Waals surface area (Å²) in [6, 6.07) is 0.973. The highest BCUT2D eigenvalue weighted by molar-refractivity contribution is 8.13. The van der Waals surface area contributed by atoms with E-state index < -0.39 is 31.0 Å². The summed E-state index contributed by atoms with van der Waals surface area (Å²) < 4.78 is 27.6. The molecule has 0 unspecified atom stereocenters. The first-order valence-corrected chi connectivity index (χ1v) is 8.33. The van der Waals surface area contributed by atoms with E-state index in [4.69, 9.17) is 50.2 Å². The zero-order valence-electron chi connectivity index (χ0n) is 9.71. The maximum absolute atomic E-state index is 11.8. The van der Waals surface area contributed by atoms with E-state index in [0.717, 1.165) is 6.07 Å². The summed E-state index contributed by atoms with van der Waals surface area (Å²) in [6.07, 6.45) is -0.435. The van der Waals surface area contributed by atoms with Gasteiger partial charge in [0, 0.05) is 10.7 Å². The third kappa shape index (κ3) is 3.89. The Bertz CT molecular complexity index is 625. The molecule has 0 heterocycles. The fourth-order valence-electron chi connectivity index (χ4n) is 1.21. The van der Waals surface area contributed by atoms with Gasteiger partial charge in [-0.3, -0.25) is 0 Å². The summed E-state index contributed by atoms with van der Waals surface area (Å²) in [6.45, 7) is 3.23. The highest BCUT2D eigenvalue weighted by atomic mass is 35.7. The maximum Gasteiger partial charge on any atom is 0.341 e. The molecule has 0 aliphatic rings. The van der Waals surface area contributed by atoms with Gasteiger partial charge in [0.05, 0.1) is 26.7 Å². The summed E-state index contributed by atoms with van der Waals surface area (Å²) in [5, 5.41) is -0.780. The maximum atomic E-state index is 11.8. The smallest absolute Gasteiger partial charge is 0.341 e. The van der Waals surface area contributed by atoms with Crippen LogP contribution in [0.4, 0.5) is 0 Å². The molecule has 1 aromatic rings. The lowest BCUT2D eigenvalue weighted by Gasteiger charge is -2.13. The van der Waals surface area contributed by atoms with Gasteiger partial charge in [-0.05, 0) is 19.9 Å². The zero-order chi connectivity index (χ0) is 15.0. The van der Waals surface area contributed by atoms with E-state index in [1.807, 2.05) is 0 Å². The number of hydrogen-bond acceptors (Lipinski definition) is 4. The Morgan fingerprint density at radius 1 is 1.21 bits per heavy atom. The fourth-order valence-corrected chi connectivity index (χ4v) is 3.34. The Labute approximate surface area is 130 Å². The van der Waals surface area contributed by atoms with Crippen LogP contribution in [0.3, 0.4) is 0 Å². The van der Waals surface area contributed by atoms with Gasteiger partial charge in [0.2, 0.25) is 0 Å². The van der Waals surface area contributed by atoms with Gasteiger partial charge in [0.15, 0.2) is 0 Å². The zero-order valence-corrected chi connectivity index (χ0v) is 13.5. The van der Waals surface area contributed by atoms with Crippen molar-refractivity contribution < 1.29 is 17.9 Å². The topological polar surface area (TPSA) is 60.4 Å². The number of carbonyl (C=O) groups is 1. The highest BCUT2D eigenvalue weighted by Gasteiger charge is 2.27. The molecule has 0 saturated heterocycles. The van der Waals surface area contributed by atoms with Gasteiger partial charge in [-0.2, -0.15) is 0 Å². The second kappa shape index (κ2) is 6.06. The van der Waals surface area contributed by atoms with Gasteiger partial charge in [-0.25, -0.2) is 13.2 Å². The standard InChI is InChI=1S/C10H8Cl4O4S/c1-4(2)18-10(15)7-8(12)5(11)3-6(9(7)13)19(14,16)17/h3-4H,1-2H3. The normalized spacial score (nSPS) is 11.7. The number of hydrogen-bond donors (Lipinski definition) is 0. The first kappa shape index (κ1) is 16.9. The number of benzene rings is 1. The molecule has 19 heavy (non-hydrogen) atoms. The molecular weight excluding hydrogens is 358 g/mol. The van der Waals surface area contributed by atoms with Gasteiger partial charge in [-0.15, -0.1) is 0 Å². The second-order valence-electron chi connectivity index (χ2n) is 3.75. The van der Waals surface area contributed by atoms with Crippen LogP contribution in [-0.4, -0.2) is 20.5 Å². The summed E-state index contributed by atoms with van der Waals surface area (Å²) in [7, 11) is 1.04. The lowest BCUT2D eigenvalue weighted by atomic mass is 10.2. The van der Waals surface area contributed by atoms with Crippen LogP contribution in [0.5, 0.6) is 0 Å². The van der Waals surface area contributed by atoms with Gasteiger partial charge in [0.1, 0.15) is 4.90 Å². The first-order chi connectivity index (χ1) is 8.55. The third-order valence-electron chi connectivity index (χ3n) is 1.93. The number of ether oxygens (including phenoxy) is 1. The summed E-state index contributed by atoms with van der Waals surface area (Å²) in [5.41, 5.74) is -0.330. The van der Waals surface area contributed by atoms with Crippen LogP contribution in [0.15, 0.2) is 11.0 Å². The Hall–Kier alpha value is -0.200. The highest BCUT2D eigenvalue weighted by Crippen LogP contribution is 2.38. The monoisotopic (exact) mass is 364 g/mol. The number of esters is 1. The van der Waals surface area contributed by atoms with Crippen LogP contribution in [0.2, 0.25) is 15.1 Å². The third-order valence-corrected chi connectivity index (χ3v) is 4.57. The Kier molecular flexibility index (Phi) is 5.37. The van der Waals surface area contributed by atoms with Crippen molar-refractivity contribution >= 4 is 60.5 Å². The van der Waals surface area contributed by atoms with Gasteiger partial charge in [0.25, 0.3) is 9.05 Å². The Balaban J connectivity index is 3.56. The van der Waals surface area contributed by atoms with Crippen LogP contribution in [0.1, 0.15) is 24.2 Å². The molecule has 0 bridgehead atoms. The van der Waals surface area contributed by atoms with Gasteiger partial charge >= 0.3 is 5.97 Å². The van der Waals surface area contributed by atoms with Crippen molar-refractivity contribution in [3.05, 3.63) is 26.7 Å². The molecule has 0 spiro atoms. The largest absolute Gasteiger partial charge is 0.459 e. The van der Waals surface area contributed by atoms with Crippen molar-refractivity contribution in [3.8, 4) is 0 Å². The van der Waals surface area contributed by atoms with E-state index in [0.29, 0.717) is 0 Å². The van der Waals surface area contributed by atoms with E-state index in [2.05, 4.69) is 0 Å². The van der Waals surface area contributed by atoms with E-state index in [-0.39, 0.29) is 15.6 Å². The molecule has 0 radical (unpaired) electrons. The van der Waals surface area contributed by atoms with Crippen LogP contribution >= 0.6 is 45.5 Å². The van der Waals surface area contributed by atoms with Crippen molar-refractivity contribution in [1.29, 1.82) is 0 Å². The van der Waals surface area contributed by atoms with E-state index in [1.165, 1.54) is 0 Å². The number of rotatable bonds is 3. The molecule has 0 aliphatic carbocycles. The van der Waals surface area contributed by atoms with Crippen LogP contribution < -0.4 is 0 Å². The number of carbonyl (C=O) groups excluding carboxylic acids is 1. The molecule has 1 rings (SSSR count). The average molecular weight is 366 g/mol. The molecule has 0 N–H and O–H groups in total. The lowest BCUT2D eigenvalue weighted by Crippen LogP contribution is -2.13. The molecule has 0 fully saturated rings. The molecule has 0 atom stereocenters. The van der Waals surface area contributed by atoms with Crippen molar-refractivity contribution in [2.75, 3.05) is 0 Å². The Morgan fingerprint density at radius 2 is 1.74 bits per heavy atom. The molecule has 1 aromatic carbocycles. The van der Waals surface area contributed by atoms with Crippen molar-refractivity contribution in [2.45, 2.75) is 24.8 Å². The van der Waals surface area contributed by atoms with Crippen LogP contribution in [-0.2, 0) is 13.8 Å². The first-order valence-electron chi connectivity index (χ1n) is 4.88. The van der Waals surface area contributed by atoms with Crippen LogP contribution in [0, 0.1) is 0 Å². The molecule has 0 aromatic heterocycles. The molecule has 0 aliphatic heterocycles. The SMILES string of the molecule is CC(C)OC(=O)c1c(Cl)c(Cl)cc(S(=O)(=O)Cl)c1Cl. The second-order valence-corrected chi connectivity index (χ2v) is 7.45. The predicted molar refractivity (Wildman–Crippen MR) is 75.1 cm³/mol. The number of halogens is 4. The lowest BCUT2D eigenvalue weighted by molar-refractivity contribution is 0.0378. The van der Waals surface area contributed by atoms with E-state index >= 15 is 0 Å². The minimum atomic E-state index is -4.17. The molecule has 0 amide bonds. The molecule has 4 nitrogen and oxygen atoms in total. The van der Waals surface area contributed by atoms with E-state index in [9.17, 15) is 13.2 Å². The van der Waals surface area contributed by atoms with Crippen molar-refractivity contribution in [3.63, 3.8) is 0 Å². The van der Waals surface area contributed by atoms with E-state index in [1.54, 1.807) is 13.8 Å². The van der Waals surface area contributed by atoms with Gasteiger partial charge < -0.3 is 4.74 Å². The predicted octanol–water partition coefficient (Wildman–Crippen LogP) is 4.14. The summed E-state index contributed by atoms with van der Waals surface area (Å²) in [5.74, 6) is -0.880. The average Bonchev–Trinajstić information content (AvgIpc) is 2.20. The fraction of sp³-hybridized carbons (Fsp3) is 0.300. The molecule has 9 heteroatoms. The minimum Gasteiger partial charge on any atom is -0.459 e. The van der Waals surface area contributed by atoms with Crippen molar-refractivity contribution in [2.24, 2.45) is 0 Å².